The molecule has 0 atom stereocenters. The topological polar surface area (TPSA) is 28.2 Å². The zero-order valence-corrected chi connectivity index (χ0v) is 12.2. The summed E-state index contributed by atoms with van der Waals surface area (Å²) >= 11 is 0. The minimum absolute atomic E-state index is 0.173. The Balaban J connectivity index is 1.60. The zero-order chi connectivity index (χ0) is 14.7. The molecule has 0 spiro atoms. The third-order valence-electron chi connectivity index (χ3n) is 3.95. The van der Waals surface area contributed by atoms with Crippen LogP contribution in [-0.4, -0.2) is 24.1 Å². The molecule has 1 saturated heterocycles. The number of aryl methyl sites for hydroxylation is 1. The summed E-state index contributed by atoms with van der Waals surface area (Å²) in [4.78, 5) is 6.67. The van der Waals surface area contributed by atoms with Crippen LogP contribution in [0.25, 0.3) is 0 Å². The number of anilines is 2. The molecule has 0 bridgehead atoms. The Morgan fingerprint density at radius 3 is 2.71 bits per heavy atom. The molecule has 1 aromatic heterocycles. The average Bonchev–Trinajstić information content (AvgIpc) is 2.53. The van der Waals surface area contributed by atoms with E-state index in [0.717, 1.165) is 37.3 Å². The van der Waals surface area contributed by atoms with Crippen LogP contribution in [0.4, 0.5) is 15.9 Å². The van der Waals surface area contributed by atoms with Gasteiger partial charge in [0.1, 0.15) is 11.6 Å². The number of hydrogen-bond donors (Lipinski definition) is 1. The van der Waals surface area contributed by atoms with E-state index >= 15 is 0 Å². The molecule has 0 saturated carbocycles. The van der Waals surface area contributed by atoms with Crippen LogP contribution in [-0.2, 0) is 0 Å². The number of hydrogen-bond acceptors (Lipinski definition) is 3. The highest BCUT2D eigenvalue weighted by molar-refractivity contribution is 5.48. The molecule has 3 nitrogen and oxygen atoms in total. The van der Waals surface area contributed by atoms with E-state index in [9.17, 15) is 4.39 Å². The second-order valence-electron chi connectivity index (χ2n) is 5.58. The van der Waals surface area contributed by atoms with Crippen molar-refractivity contribution in [2.45, 2.75) is 25.8 Å². The number of nitrogens with one attached hydrogen (secondary N) is 1. The van der Waals surface area contributed by atoms with Crippen molar-refractivity contribution < 1.29 is 4.39 Å². The molecule has 0 radical (unpaired) electrons. The fourth-order valence-electron chi connectivity index (χ4n) is 2.76. The predicted molar refractivity (Wildman–Crippen MR) is 84.2 cm³/mol. The van der Waals surface area contributed by atoms with Gasteiger partial charge in [0.05, 0.1) is 5.69 Å². The van der Waals surface area contributed by atoms with Gasteiger partial charge >= 0.3 is 0 Å². The zero-order valence-electron chi connectivity index (χ0n) is 12.2. The van der Waals surface area contributed by atoms with Gasteiger partial charge in [-0.15, -0.1) is 0 Å². The summed E-state index contributed by atoms with van der Waals surface area (Å²) in [6.45, 7) is 3.87. The van der Waals surface area contributed by atoms with E-state index in [1.807, 2.05) is 37.4 Å². The molecule has 110 valence electrons. The van der Waals surface area contributed by atoms with Gasteiger partial charge in [-0.2, -0.15) is 0 Å². The first-order chi connectivity index (χ1) is 10.2. The lowest BCUT2D eigenvalue weighted by Gasteiger charge is -2.33. The summed E-state index contributed by atoms with van der Waals surface area (Å²) in [5, 5.41) is 3.34. The molecule has 2 aromatic rings. The number of pyridine rings is 1. The molecule has 1 aliphatic heterocycles. The summed E-state index contributed by atoms with van der Waals surface area (Å²) in [5.74, 6) is 0.852. The van der Waals surface area contributed by atoms with E-state index in [2.05, 4.69) is 15.2 Å². The summed E-state index contributed by atoms with van der Waals surface area (Å²) < 4.78 is 13.8. The Kier molecular flexibility index (Phi) is 4.04. The Hall–Kier alpha value is -2.10. The molecular weight excluding hydrogens is 265 g/mol. The van der Waals surface area contributed by atoms with Gasteiger partial charge in [-0.25, -0.2) is 9.37 Å². The first kappa shape index (κ1) is 13.9. The van der Waals surface area contributed by atoms with Crippen LogP contribution in [0.5, 0.6) is 0 Å². The van der Waals surface area contributed by atoms with Gasteiger partial charge in [0.2, 0.25) is 0 Å². The highest BCUT2D eigenvalue weighted by atomic mass is 19.1. The van der Waals surface area contributed by atoms with Gasteiger partial charge < -0.3 is 10.2 Å². The van der Waals surface area contributed by atoms with E-state index in [1.165, 1.54) is 6.07 Å². The highest BCUT2D eigenvalue weighted by Crippen LogP contribution is 2.22. The van der Waals surface area contributed by atoms with Crippen LogP contribution in [0.3, 0.4) is 0 Å². The van der Waals surface area contributed by atoms with Crippen LogP contribution in [0.2, 0.25) is 0 Å². The van der Waals surface area contributed by atoms with E-state index in [1.54, 1.807) is 6.07 Å². The van der Waals surface area contributed by atoms with Gasteiger partial charge in [0.15, 0.2) is 0 Å². The average molecular weight is 285 g/mol. The summed E-state index contributed by atoms with van der Waals surface area (Å²) in [5.41, 5.74) is 1.69. The first-order valence-corrected chi connectivity index (χ1v) is 7.41. The minimum Gasteiger partial charge on any atom is -0.380 e. The van der Waals surface area contributed by atoms with Gasteiger partial charge in [0.25, 0.3) is 0 Å². The number of rotatable bonds is 3. The third kappa shape index (κ3) is 3.32. The number of nitrogens with zero attached hydrogens (tertiary/aromatic N) is 2. The van der Waals surface area contributed by atoms with Crippen molar-refractivity contribution in [1.29, 1.82) is 0 Å². The molecule has 21 heavy (non-hydrogen) atoms. The molecule has 1 fully saturated rings. The van der Waals surface area contributed by atoms with Gasteiger partial charge in [-0.05, 0) is 49.6 Å². The first-order valence-electron chi connectivity index (χ1n) is 7.41. The Morgan fingerprint density at radius 2 is 2.00 bits per heavy atom. The van der Waals surface area contributed by atoms with E-state index < -0.39 is 0 Å². The highest BCUT2D eigenvalue weighted by Gasteiger charge is 2.20. The maximum Gasteiger partial charge on any atom is 0.146 e. The van der Waals surface area contributed by atoms with E-state index in [4.69, 9.17) is 0 Å². The summed E-state index contributed by atoms with van der Waals surface area (Å²) in [6.07, 6.45) is 3.80. The van der Waals surface area contributed by atoms with Crippen molar-refractivity contribution in [3.8, 4) is 0 Å². The standard InChI is InChI=1S/C17H20FN3/c1-13-5-6-15(18)16(12-13)20-14-7-10-21(11-8-14)17-4-2-3-9-19-17/h2-6,9,12,14,20H,7-8,10-11H2,1H3. The number of halogens is 1. The number of piperidine rings is 1. The fraction of sp³-hybridized carbons (Fsp3) is 0.353. The van der Waals surface area contributed by atoms with Crippen molar-refractivity contribution >= 4 is 11.5 Å². The van der Waals surface area contributed by atoms with Gasteiger partial charge in [-0.3, -0.25) is 0 Å². The maximum atomic E-state index is 13.8. The monoisotopic (exact) mass is 285 g/mol. The van der Waals surface area contributed by atoms with Crippen LogP contribution in [0.1, 0.15) is 18.4 Å². The van der Waals surface area contributed by atoms with Gasteiger partial charge in [0, 0.05) is 25.3 Å². The Bertz CT molecular complexity index is 592. The summed E-state index contributed by atoms with van der Waals surface area (Å²) in [7, 11) is 0. The van der Waals surface area contributed by atoms with Crippen molar-refractivity contribution in [2.24, 2.45) is 0 Å². The molecule has 1 aromatic carbocycles. The normalized spacial score (nSPS) is 16.0. The molecule has 0 amide bonds. The van der Waals surface area contributed by atoms with Crippen molar-refractivity contribution in [3.63, 3.8) is 0 Å². The second kappa shape index (κ2) is 6.12. The smallest absolute Gasteiger partial charge is 0.146 e. The molecule has 1 aliphatic rings. The van der Waals surface area contributed by atoms with Crippen LogP contribution >= 0.6 is 0 Å². The molecule has 4 heteroatoms. The van der Waals surface area contributed by atoms with Crippen LogP contribution in [0.15, 0.2) is 42.6 Å². The number of aromatic nitrogens is 1. The molecule has 2 heterocycles. The lowest BCUT2D eigenvalue weighted by atomic mass is 10.0. The number of benzene rings is 1. The lowest BCUT2D eigenvalue weighted by molar-refractivity contribution is 0.519. The Labute approximate surface area is 124 Å². The molecule has 0 aliphatic carbocycles. The molecule has 1 N–H and O–H groups in total. The molecular formula is C17H20FN3. The largest absolute Gasteiger partial charge is 0.380 e. The van der Waals surface area contributed by atoms with Gasteiger partial charge in [-0.1, -0.05) is 12.1 Å². The third-order valence-corrected chi connectivity index (χ3v) is 3.95. The Morgan fingerprint density at radius 1 is 1.19 bits per heavy atom. The second-order valence-corrected chi connectivity index (χ2v) is 5.58. The minimum atomic E-state index is -0.173. The van der Waals surface area contributed by atoms with Crippen LogP contribution < -0.4 is 10.2 Å². The molecule has 0 unspecified atom stereocenters. The van der Waals surface area contributed by atoms with Crippen molar-refractivity contribution in [2.75, 3.05) is 23.3 Å². The lowest BCUT2D eigenvalue weighted by Crippen LogP contribution is -2.39. The quantitative estimate of drug-likeness (QED) is 0.933. The van der Waals surface area contributed by atoms with E-state index in [0.29, 0.717) is 11.7 Å². The summed E-state index contributed by atoms with van der Waals surface area (Å²) in [6, 6.07) is 11.5. The van der Waals surface area contributed by atoms with Crippen LogP contribution in [0, 0.1) is 12.7 Å². The SMILES string of the molecule is Cc1ccc(F)c(NC2CCN(c3ccccn3)CC2)c1. The fourth-order valence-corrected chi connectivity index (χ4v) is 2.76. The van der Waals surface area contributed by atoms with Crippen molar-refractivity contribution in [1.82, 2.24) is 4.98 Å². The van der Waals surface area contributed by atoms with E-state index in [-0.39, 0.29) is 5.82 Å². The maximum absolute atomic E-state index is 13.8. The molecule has 3 rings (SSSR count). The predicted octanol–water partition coefficient (Wildman–Crippen LogP) is 3.61. The van der Waals surface area contributed by atoms with Crippen molar-refractivity contribution in [3.05, 3.63) is 54.0 Å².